The number of hydrogen-bond acceptors (Lipinski definition) is 6. The molecule has 0 aromatic carbocycles. The van der Waals surface area contributed by atoms with Crippen molar-refractivity contribution in [2.24, 2.45) is 0 Å². The molecule has 0 radical (unpaired) electrons. The van der Waals surface area contributed by atoms with Crippen LogP contribution in [0.5, 0.6) is 0 Å². The lowest BCUT2D eigenvalue weighted by molar-refractivity contribution is -0.180. The van der Waals surface area contributed by atoms with Gasteiger partial charge in [-0.2, -0.15) is 0 Å². The predicted molar refractivity (Wildman–Crippen MR) is 54.6 cm³/mol. The van der Waals surface area contributed by atoms with E-state index in [1.165, 1.54) is 0 Å². The van der Waals surface area contributed by atoms with Crippen LogP contribution in [0.1, 0.15) is 19.8 Å². The summed E-state index contributed by atoms with van der Waals surface area (Å²) in [6.45, 7) is 1.89. The first-order valence-corrected chi connectivity index (χ1v) is 5.54. The maximum absolute atomic E-state index is 9.58. The van der Waals surface area contributed by atoms with Crippen molar-refractivity contribution in [3.63, 3.8) is 0 Å². The van der Waals surface area contributed by atoms with Gasteiger partial charge in [0.25, 0.3) is 0 Å². The van der Waals surface area contributed by atoms with Crippen molar-refractivity contribution in [3.8, 4) is 0 Å². The van der Waals surface area contributed by atoms with Crippen LogP contribution in [0.25, 0.3) is 0 Å². The van der Waals surface area contributed by atoms with E-state index in [1.54, 1.807) is 0 Å². The molecule has 0 aromatic rings. The molecule has 0 bridgehead atoms. The average Bonchev–Trinajstić information content (AvgIpc) is 2.57. The van der Waals surface area contributed by atoms with E-state index in [4.69, 9.17) is 14.6 Å². The minimum atomic E-state index is -1.24. The molecule has 1 saturated heterocycles. The lowest BCUT2D eigenvalue weighted by atomic mass is 10.1. The average molecular weight is 236 g/mol. The van der Waals surface area contributed by atoms with Crippen LogP contribution in [-0.2, 0) is 9.47 Å². The summed E-state index contributed by atoms with van der Waals surface area (Å²) < 4.78 is 10.4. The molecule has 1 aliphatic heterocycles. The third-order valence-electron chi connectivity index (χ3n) is 2.60. The highest BCUT2D eigenvalue weighted by Crippen LogP contribution is 2.24. The van der Waals surface area contributed by atoms with Crippen molar-refractivity contribution in [2.45, 2.75) is 50.5 Å². The molecule has 6 nitrogen and oxygen atoms in total. The summed E-state index contributed by atoms with van der Waals surface area (Å²) in [6, 6.07) is 0. The fourth-order valence-corrected chi connectivity index (χ4v) is 1.58. The second kappa shape index (κ2) is 6.48. The largest absolute Gasteiger partial charge is 0.394 e. The Morgan fingerprint density at radius 2 is 2.00 bits per heavy atom. The van der Waals surface area contributed by atoms with Gasteiger partial charge in [0.05, 0.1) is 6.61 Å². The second-order valence-corrected chi connectivity index (χ2v) is 3.92. The van der Waals surface area contributed by atoms with E-state index < -0.39 is 37.3 Å². The highest BCUT2D eigenvalue weighted by molar-refractivity contribution is 4.90. The first-order valence-electron chi connectivity index (χ1n) is 5.54. The van der Waals surface area contributed by atoms with Gasteiger partial charge in [-0.3, -0.25) is 0 Å². The van der Waals surface area contributed by atoms with E-state index in [0.717, 1.165) is 12.8 Å². The molecule has 96 valence electrons. The fraction of sp³-hybridized carbons (Fsp3) is 1.00. The van der Waals surface area contributed by atoms with Gasteiger partial charge in [0.2, 0.25) is 0 Å². The third kappa shape index (κ3) is 3.13. The zero-order chi connectivity index (χ0) is 12.1. The maximum Gasteiger partial charge on any atom is 0.186 e. The van der Waals surface area contributed by atoms with Crippen LogP contribution in [0.3, 0.4) is 0 Å². The van der Waals surface area contributed by atoms with Gasteiger partial charge >= 0.3 is 0 Å². The minimum absolute atomic E-state index is 0.423. The molecule has 16 heavy (non-hydrogen) atoms. The first-order chi connectivity index (χ1) is 7.61. The fourth-order valence-electron chi connectivity index (χ4n) is 1.58. The van der Waals surface area contributed by atoms with Crippen molar-refractivity contribution in [2.75, 3.05) is 13.2 Å². The van der Waals surface area contributed by atoms with E-state index in [9.17, 15) is 15.3 Å². The third-order valence-corrected chi connectivity index (χ3v) is 2.60. The van der Waals surface area contributed by atoms with E-state index in [0.29, 0.717) is 6.61 Å². The van der Waals surface area contributed by atoms with Crippen molar-refractivity contribution in [1.29, 1.82) is 0 Å². The molecule has 0 unspecified atom stereocenters. The summed E-state index contributed by atoms with van der Waals surface area (Å²) in [5.41, 5.74) is 0. The van der Waals surface area contributed by atoms with Crippen LogP contribution in [-0.4, -0.2) is 64.3 Å². The number of aliphatic hydroxyl groups excluding tert-OH is 4. The Morgan fingerprint density at radius 3 is 2.56 bits per heavy atom. The van der Waals surface area contributed by atoms with Crippen LogP contribution in [0.15, 0.2) is 0 Å². The number of rotatable bonds is 6. The van der Waals surface area contributed by atoms with Gasteiger partial charge in [-0.1, -0.05) is 13.3 Å². The summed E-state index contributed by atoms with van der Waals surface area (Å²) >= 11 is 0. The van der Waals surface area contributed by atoms with Gasteiger partial charge in [0.1, 0.15) is 24.4 Å². The molecule has 0 aliphatic carbocycles. The predicted octanol–water partition coefficient (Wildman–Crippen LogP) is -1.40. The van der Waals surface area contributed by atoms with Gasteiger partial charge < -0.3 is 29.9 Å². The van der Waals surface area contributed by atoms with Crippen molar-refractivity contribution in [1.82, 2.24) is 0 Å². The molecule has 1 aliphatic rings. The van der Waals surface area contributed by atoms with Gasteiger partial charge in [-0.25, -0.2) is 0 Å². The Kier molecular flexibility index (Phi) is 5.60. The van der Waals surface area contributed by atoms with Gasteiger partial charge in [-0.05, 0) is 6.42 Å². The summed E-state index contributed by atoms with van der Waals surface area (Å²) in [7, 11) is 0. The zero-order valence-electron chi connectivity index (χ0n) is 9.32. The van der Waals surface area contributed by atoms with Crippen LogP contribution in [0, 0.1) is 0 Å². The number of aliphatic hydroxyl groups is 4. The Bertz CT molecular complexity index is 200. The topological polar surface area (TPSA) is 99.4 Å². The molecular weight excluding hydrogens is 216 g/mol. The molecular formula is C10H20O6. The lowest BCUT2D eigenvalue weighted by Crippen LogP contribution is -2.40. The van der Waals surface area contributed by atoms with E-state index >= 15 is 0 Å². The minimum Gasteiger partial charge on any atom is -0.394 e. The van der Waals surface area contributed by atoms with Crippen molar-refractivity contribution < 1.29 is 29.9 Å². The van der Waals surface area contributed by atoms with Gasteiger partial charge in [0.15, 0.2) is 6.29 Å². The molecule has 1 rings (SSSR count). The molecule has 4 N–H and O–H groups in total. The SMILES string of the molecule is CCCCO[C@H]1O[C@H]([C@@H](O)CO)[C@H](O)[C@@H]1O. The summed E-state index contributed by atoms with van der Waals surface area (Å²) in [6.07, 6.45) is -3.81. The van der Waals surface area contributed by atoms with Gasteiger partial charge in [-0.15, -0.1) is 0 Å². The Morgan fingerprint density at radius 1 is 1.31 bits per heavy atom. The molecule has 1 fully saturated rings. The summed E-state index contributed by atoms with van der Waals surface area (Å²) in [5, 5.41) is 37.2. The van der Waals surface area contributed by atoms with Crippen molar-refractivity contribution >= 4 is 0 Å². The van der Waals surface area contributed by atoms with E-state index in [1.807, 2.05) is 6.92 Å². The Labute approximate surface area is 94.4 Å². The van der Waals surface area contributed by atoms with Gasteiger partial charge in [0, 0.05) is 6.61 Å². The normalized spacial score (nSPS) is 36.6. The zero-order valence-corrected chi connectivity index (χ0v) is 9.32. The standard InChI is InChI=1S/C10H20O6/c1-2-3-4-15-10-8(14)7(13)9(16-10)6(12)5-11/h6-14H,2-5H2,1H3/t6-,7+,8-,9+,10-/m0/s1. The van der Waals surface area contributed by atoms with Crippen LogP contribution in [0.2, 0.25) is 0 Å². The molecule has 5 atom stereocenters. The Hall–Kier alpha value is -0.240. The molecule has 0 saturated carbocycles. The monoisotopic (exact) mass is 236 g/mol. The molecule has 0 amide bonds. The summed E-state index contributed by atoms with van der Waals surface area (Å²) in [5.74, 6) is 0. The summed E-state index contributed by atoms with van der Waals surface area (Å²) in [4.78, 5) is 0. The van der Waals surface area contributed by atoms with Crippen LogP contribution >= 0.6 is 0 Å². The number of unbranched alkanes of at least 4 members (excludes halogenated alkanes) is 1. The molecule has 0 spiro atoms. The quantitative estimate of drug-likeness (QED) is 0.423. The maximum atomic E-state index is 9.58. The number of hydrogen-bond donors (Lipinski definition) is 4. The number of ether oxygens (including phenoxy) is 2. The first kappa shape index (κ1) is 13.8. The Balaban J connectivity index is 2.44. The van der Waals surface area contributed by atoms with Crippen molar-refractivity contribution in [3.05, 3.63) is 0 Å². The molecule has 1 heterocycles. The highest BCUT2D eigenvalue weighted by Gasteiger charge is 2.46. The smallest absolute Gasteiger partial charge is 0.186 e. The van der Waals surface area contributed by atoms with Crippen LogP contribution < -0.4 is 0 Å². The highest BCUT2D eigenvalue weighted by atomic mass is 16.7. The lowest BCUT2D eigenvalue weighted by Gasteiger charge is -2.18. The van der Waals surface area contributed by atoms with E-state index in [-0.39, 0.29) is 0 Å². The second-order valence-electron chi connectivity index (χ2n) is 3.92. The molecule has 0 aromatic heterocycles. The van der Waals surface area contributed by atoms with E-state index in [2.05, 4.69) is 0 Å². The van der Waals surface area contributed by atoms with Crippen LogP contribution in [0.4, 0.5) is 0 Å². The molecule has 6 heteroatoms.